The number of aliphatic hydroxyl groups excluding tert-OH is 3. The van der Waals surface area contributed by atoms with Crippen molar-refractivity contribution in [2.24, 2.45) is 0 Å². The van der Waals surface area contributed by atoms with Crippen LogP contribution in [0.15, 0.2) is 0 Å². The van der Waals surface area contributed by atoms with Gasteiger partial charge in [0.25, 0.3) is 0 Å². The van der Waals surface area contributed by atoms with E-state index in [1.54, 1.807) is 0 Å². The Balaban J connectivity index is 2.07. The summed E-state index contributed by atoms with van der Waals surface area (Å²) in [6.45, 7) is -0.0149. The maximum atomic E-state index is 9.90. The molecule has 4 unspecified atom stereocenters. The fraction of sp³-hybridized carbons (Fsp3) is 1.00. The van der Waals surface area contributed by atoms with Gasteiger partial charge in [0, 0.05) is 0 Å². The van der Waals surface area contributed by atoms with Crippen molar-refractivity contribution in [2.75, 3.05) is 13.6 Å². The van der Waals surface area contributed by atoms with Gasteiger partial charge in [0.1, 0.15) is 0 Å². The minimum atomic E-state index is -3.03. The monoisotopic (exact) mass is 361 g/mol. The van der Waals surface area contributed by atoms with Crippen LogP contribution >= 0.6 is 0 Å². The summed E-state index contributed by atoms with van der Waals surface area (Å²) in [6, 6.07) is 0. The van der Waals surface area contributed by atoms with E-state index in [9.17, 15) is 25.5 Å². The van der Waals surface area contributed by atoms with Gasteiger partial charge >= 0.3 is 105 Å². The zero-order valence-corrected chi connectivity index (χ0v) is 11.4. The Hall–Kier alpha value is 0.458. The maximum absolute atomic E-state index is 9.90. The molecule has 3 aliphatic rings. The molecule has 0 aromatic rings. The predicted octanol–water partition coefficient (Wildman–Crippen LogP) is -4.31. The van der Waals surface area contributed by atoms with Crippen LogP contribution in [-0.4, -0.2) is 90.7 Å². The quantitative estimate of drug-likeness (QED) is 0.268. The minimum absolute atomic E-state index is 0.0149. The van der Waals surface area contributed by atoms with Crippen LogP contribution in [0.25, 0.3) is 0 Å². The molecule has 2 bridgehead atoms. The predicted molar refractivity (Wildman–Crippen MR) is 50.9 cm³/mol. The molecular weight excluding hydrogens is 348 g/mol. The summed E-state index contributed by atoms with van der Waals surface area (Å²) in [5, 5.41) is 50.9. The number of nitrogens with one attached hydrogen (secondary N) is 1. The SMILES string of the molecule is CNCC(O)C(O)C(O)C1(O)[O][Sb]2[O]C1(O)[O]2. The zero-order chi connectivity index (χ0) is 12.8. The van der Waals surface area contributed by atoms with Crippen LogP contribution in [0.4, 0.5) is 0 Å². The van der Waals surface area contributed by atoms with Crippen molar-refractivity contribution < 1.29 is 34.6 Å². The van der Waals surface area contributed by atoms with Crippen LogP contribution in [0, 0.1) is 0 Å². The number of fused-ring (bicyclic) bond motifs is 1. The van der Waals surface area contributed by atoms with Crippen LogP contribution in [-0.2, 0) is 9.05 Å². The average molecular weight is 362 g/mol. The van der Waals surface area contributed by atoms with Crippen molar-refractivity contribution in [3.63, 3.8) is 0 Å². The van der Waals surface area contributed by atoms with Gasteiger partial charge in [-0.2, -0.15) is 0 Å². The van der Waals surface area contributed by atoms with Gasteiger partial charge in [0.15, 0.2) is 0 Å². The normalized spacial score (nSPS) is 42.0. The van der Waals surface area contributed by atoms with Gasteiger partial charge in [-0.05, 0) is 0 Å². The fourth-order valence-corrected chi connectivity index (χ4v) is 5.00. The molecule has 3 aliphatic heterocycles. The van der Waals surface area contributed by atoms with Gasteiger partial charge in [-0.1, -0.05) is 0 Å². The van der Waals surface area contributed by atoms with E-state index in [4.69, 9.17) is 9.05 Å². The van der Waals surface area contributed by atoms with Gasteiger partial charge in [-0.3, -0.25) is 0 Å². The molecule has 0 saturated carbocycles. The molecule has 3 heterocycles. The van der Waals surface area contributed by atoms with Crippen molar-refractivity contribution >= 4 is 21.5 Å². The summed E-state index contributed by atoms with van der Waals surface area (Å²) in [5.74, 6) is -5.01. The third-order valence-electron chi connectivity index (χ3n) is 2.59. The van der Waals surface area contributed by atoms with Crippen LogP contribution in [0.3, 0.4) is 0 Å². The fourth-order valence-electron chi connectivity index (χ4n) is 1.56. The Morgan fingerprint density at radius 2 is 1.76 bits per heavy atom. The molecule has 0 aromatic carbocycles. The van der Waals surface area contributed by atoms with Crippen molar-refractivity contribution in [1.29, 1.82) is 0 Å². The summed E-state index contributed by atoms with van der Waals surface area (Å²) in [5.41, 5.74) is 0. The number of likely N-dealkylation sites (N-methyl/N-ethyl adjacent to an activating group) is 1. The van der Waals surface area contributed by atoms with Gasteiger partial charge in [0.05, 0.1) is 0 Å². The van der Waals surface area contributed by atoms with Crippen molar-refractivity contribution in [3.8, 4) is 0 Å². The average Bonchev–Trinajstić information content (AvgIpc) is 2.63. The van der Waals surface area contributed by atoms with E-state index < -0.39 is 51.5 Å². The first-order valence-corrected chi connectivity index (χ1v) is 7.98. The number of hydrogen-bond acceptors (Lipinski definition) is 9. The van der Waals surface area contributed by atoms with Gasteiger partial charge in [0.2, 0.25) is 0 Å². The Kier molecular flexibility index (Phi) is 3.70. The molecule has 9 nitrogen and oxygen atoms in total. The summed E-state index contributed by atoms with van der Waals surface area (Å²) >= 11 is -3.03. The second kappa shape index (κ2) is 4.53. The van der Waals surface area contributed by atoms with E-state index in [1.165, 1.54) is 7.05 Å². The number of aliphatic hydroxyl groups is 5. The van der Waals surface area contributed by atoms with E-state index >= 15 is 0 Å². The summed E-state index contributed by atoms with van der Waals surface area (Å²) in [7, 11) is 1.54. The van der Waals surface area contributed by atoms with Crippen LogP contribution < -0.4 is 5.32 Å². The molecule has 0 aromatic heterocycles. The van der Waals surface area contributed by atoms with Crippen LogP contribution in [0.1, 0.15) is 0 Å². The summed E-state index contributed by atoms with van der Waals surface area (Å²) in [6.07, 6.45) is -5.05. The van der Waals surface area contributed by atoms with Crippen LogP contribution in [0.5, 0.6) is 0 Å². The van der Waals surface area contributed by atoms with E-state index in [1.807, 2.05) is 0 Å². The zero-order valence-electron chi connectivity index (χ0n) is 8.85. The molecule has 6 N–H and O–H groups in total. The van der Waals surface area contributed by atoms with E-state index in [0.717, 1.165) is 0 Å². The Morgan fingerprint density at radius 1 is 1.18 bits per heavy atom. The molecule has 100 valence electrons. The van der Waals surface area contributed by atoms with E-state index in [-0.39, 0.29) is 6.54 Å². The Labute approximate surface area is 105 Å². The molecule has 3 rings (SSSR count). The standard InChI is InChI=1S/C7H14NO8.Sb/c1-8-2-3(9)4(10)5(11)6(12,13)7(14,15)16;/h3-5,8-12,14H,2H2,1H3;/q-3;+3. The van der Waals surface area contributed by atoms with Gasteiger partial charge in [-0.15, -0.1) is 0 Å². The van der Waals surface area contributed by atoms with Crippen molar-refractivity contribution in [2.45, 2.75) is 30.1 Å². The Morgan fingerprint density at radius 3 is 2.18 bits per heavy atom. The molecule has 10 heteroatoms. The third-order valence-corrected chi connectivity index (χ3v) is 6.08. The second-order valence-electron chi connectivity index (χ2n) is 3.84. The summed E-state index contributed by atoms with van der Waals surface area (Å²) in [4.78, 5) is 0. The van der Waals surface area contributed by atoms with Gasteiger partial charge < -0.3 is 0 Å². The first kappa shape index (κ1) is 13.9. The molecule has 0 spiro atoms. The first-order valence-electron chi connectivity index (χ1n) is 4.85. The summed E-state index contributed by atoms with van der Waals surface area (Å²) < 4.78 is 14.3. The van der Waals surface area contributed by atoms with E-state index in [0.29, 0.717) is 0 Å². The second-order valence-corrected chi connectivity index (χ2v) is 6.68. The van der Waals surface area contributed by atoms with Gasteiger partial charge in [-0.25, -0.2) is 0 Å². The molecule has 3 fully saturated rings. The van der Waals surface area contributed by atoms with Crippen molar-refractivity contribution in [1.82, 2.24) is 5.32 Å². The molecular formula is C7H14NO8Sb. The van der Waals surface area contributed by atoms with E-state index in [2.05, 4.69) is 5.32 Å². The topological polar surface area (TPSA) is 141 Å². The third kappa shape index (κ3) is 2.00. The number of hydrogen-bond donors (Lipinski definition) is 6. The molecule has 17 heavy (non-hydrogen) atoms. The molecule has 0 amide bonds. The first-order chi connectivity index (χ1) is 7.84. The molecule has 3 saturated heterocycles. The molecule has 4 atom stereocenters. The Bertz CT molecular complexity index is 300. The molecule has 0 aliphatic carbocycles. The van der Waals surface area contributed by atoms with Crippen LogP contribution in [0.2, 0.25) is 0 Å². The number of rotatable bonds is 5. The van der Waals surface area contributed by atoms with Crippen molar-refractivity contribution in [3.05, 3.63) is 0 Å². The molecule has 0 radical (unpaired) electrons.